The number of aliphatic hydroxyl groups is 1. The number of hydrogen-bond donors (Lipinski definition) is 1. The molecule has 0 saturated carbocycles. The molecule has 0 aliphatic carbocycles. The zero-order chi connectivity index (χ0) is 31.0. The molecule has 1 N–H and O–H groups in total. The molecule has 8 heteroatoms. The van der Waals surface area contributed by atoms with Crippen LogP contribution in [0.5, 0.6) is 0 Å². The van der Waals surface area contributed by atoms with Crippen molar-refractivity contribution in [1.82, 2.24) is 14.7 Å². The van der Waals surface area contributed by atoms with Crippen LogP contribution in [0.25, 0.3) is 0 Å². The molecule has 0 aromatic heterocycles. The molecule has 1 aromatic rings. The molecular formula is C35H51N3O5. The highest BCUT2D eigenvalue weighted by Gasteiger charge is 2.79. The van der Waals surface area contributed by atoms with Gasteiger partial charge < -0.3 is 24.5 Å². The Morgan fingerprint density at radius 3 is 2.35 bits per heavy atom. The number of ether oxygens (including phenoxy) is 1. The van der Waals surface area contributed by atoms with E-state index in [1.54, 1.807) is 22.0 Å². The van der Waals surface area contributed by atoms with Gasteiger partial charge in [0.15, 0.2) is 0 Å². The minimum atomic E-state index is -1.03. The fraction of sp³-hybridized carbons (Fsp3) is 0.629. The summed E-state index contributed by atoms with van der Waals surface area (Å²) in [4.78, 5) is 48.9. The summed E-state index contributed by atoms with van der Waals surface area (Å²) >= 11 is 0. The molecule has 43 heavy (non-hydrogen) atoms. The fourth-order valence-corrected chi connectivity index (χ4v) is 7.72. The predicted octanol–water partition coefficient (Wildman–Crippen LogP) is 4.72. The van der Waals surface area contributed by atoms with Crippen molar-refractivity contribution in [3.63, 3.8) is 0 Å². The Kier molecular flexibility index (Phi) is 11.2. The molecule has 1 spiro atoms. The first-order valence-electron chi connectivity index (χ1n) is 16.3. The summed E-state index contributed by atoms with van der Waals surface area (Å²) < 4.78 is 7.00. The van der Waals surface area contributed by atoms with Gasteiger partial charge >= 0.3 is 0 Å². The maximum atomic E-state index is 14.6. The van der Waals surface area contributed by atoms with Gasteiger partial charge in [0.25, 0.3) is 0 Å². The molecule has 3 saturated heterocycles. The topological polar surface area (TPSA) is 90.4 Å². The highest BCUT2D eigenvalue weighted by atomic mass is 16.5. The zero-order valence-corrected chi connectivity index (χ0v) is 26.2. The third kappa shape index (κ3) is 6.32. The Morgan fingerprint density at radius 2 is 1.70 bits per heavy atom. The molecule has 3 aliphatic heterocycles. The smallest absolute Gasteiger partial charge is 0.248 e. The number of amides is 3. The first kappa shape index (κ1) is 32.9. The van der Waals surface area contributed by atoms with E-state index in [1.165, 1.54) is 0 Å². The lowest BCUT2D eigenvalue weighted by Crippen LogP contribution is -2.56. The lowest BCUT2D eigenvalue weighted by atomic mass is 9.64. The summed E-state index contributed by atoms with van der Waals surface area (Å²) in [6, 6.07) is 9.08. The van der Waals surface area contributed by atoms with Crippen LogP contribution in [-0.2, 0) is 25.7 Å². The number of rotatable bonds is 18. The van der Waals surface area contributed by atoms with Crippen molar-refractivity contribution in [3.05, 3.63) is 61.2 Å². The zero-order valence-electron chi connectivity index (χ0n) is 26.2. The molecule has 2 bridgehead atoms. The molecular weight excluding hydrogens is 542 g/mol. The van der Waals surface area contributed by atoms with Crippen LogP contribution in [0.2, 0.25) is 0 Å². The van der Waals surface area contributed by atoms with Gasteiger partial charge in [0.05, 0.1) is 17.4 Å². The number of fused-ring (bicyclic) bond motifs is 1. The van der Waals surface area contributed by atoms with E-state index in [0.717, 1.165) is 37.7 Å². The summed E-state index contributed by atoms with van der Waals surface area (Å²) in [5.41, 5.74) is -0.812. The van der Waals surface area contributed by atoms with Crippen LogP contribution in [-0.4, -0.2) is 87.6 Å². The van der Waals surface area contributed by atoms with Gasteiger partial charge in [-0.15, -0.1) is 13.2 Å². The monoisotopic (exact) mass is 593 g/mol. The molecule has 2 unspecified atom stereocenters. The van der Waals surface area contributed by atoms with Crippen molar-refractivity contribution < 1.29 is 24.2 Å². The highest BCUT2D eigenvalue weighted by Crippen LogP contribution is 2.64. The van der Waals surface area contributed by atoms with Crippen molar-refractivity contribution in [2.24, 2.45) is 11.8 Å². The Morgan fingerprint density at radius 1 is 1.00 bits per heavy atom. The second kappa shape index (κ2) is 14.7. The second-order valence-electron chi connectivity index (χ2n) is 12.4. The highest BCUT2D eigenvalue weighted by molar-refractivity contribution is 5.99. The number of unbranched alkanes of at least 4 members (excludes halogenated alkanes) is 4. The molecule has 3 aliphatic rings. The van der Waals surface area contributed by atoms with E-state index >= 15 is 0 Å². The van der Waals surface area contributed by atoms with Gasteiger partial charge in [0, 0.05) is 39.3 Å². The molecule has 1 aromatic carbocycles. The van der Waals surface area contributed by atoms with Gasteiger partial charge in [-0.05, 0) is 44.1 Å². The van der Waals surface area contributed by atoms with Crippen LogP contribution < -0.4 is 0 Å². The van der Waals surface area contributed by atoms with E-state index < -0.39 is 29.1 Å². The number of aliphatic hydroxyl groups excluding tert-OH is 1. The molecule has 4 rings (SSSR count). The van der Waals surface area contributed by atoms with Crippen LogP contribution in [0.15, 0.2) is 55.6 Å². The predicted molar refractivity (Wildman–Crippen MR) is 168 cm³/mol. The van der Waals surface area contributed by atoms with Crippen molar-refractivity contribution in [2.45, 2.75) is 95.4 Å². The standard InChI is InChI=1S/C35H51N3O5/c1-5-9-23-36(21-6-2)33(42)30-35-20-19-34(8-4,43-35)28(29(35)32(41)38(30)24-15-10-11-16-25-39)31(40)37(22-7-3)26-27-17-13-12-14-18-27/h6-7,12-14,17-18,28-30,39H,2-3,5,8-11,15-16,19-26H2,1,4H3/t28-,29+,30?,34+,35?/m1/s1. The Balaban J connectivity index is 1.72. The first-order chi connectivity index (χ1) is 20.8. The molecule has 3 heterocycles. The lowest BCUT2D eigenvalue weighted by Gasteiger charge is -2.37. The Hall–Kier alpha value is -2.97. The van der Waals surface area contributed by atoms with Crippen LogP contribution >= 0.6 is 0 Å². The summed E-state index contributed by atoms with van der Waals surface area (Å²) in [5.74, 6) is -1.72. The second-order valence-corrected chi connectivity index (χ2v) is 12.4. The average Bonchev–Trinajstić information content (AvgIpc) is 3.62. The SMILES string of the molecule is C=CCN(CCCC)C(=O)C1N(CCCCCCO)C(=O)[C@@H]2[C@H](C(=O)N(CC=C)Cc3ccccc3)[C@]3(CC)CCC12O3. The van der Waals surface area contributed by atoms with E-state index in [0.29, 0.717) is 58.4 Å². The van der Waals surface area contributed by atoms with Crippen molar-refractivity contribution >= 4 is 17.7 Å². The number of hydrogen-bond acceptors (Lipinski definition) is 5. The number of carbonyl (C=O) groups excluding carboxylic acids is 3. The quantitative estimate of drug-likeness (QED) is 0.197. The molecule has 8 nitrogen and oxygen atoms in total. The molecule has 3 fully saturated rings. The van der Waals surface area contributed by atoms with Gasteiger partial charge in [-0.25, -0.2) is 0 Å². The van der Waals surface area contributed by atoms with Crippen LogP contribution in [0.4, 0.5) is 0 Å². The molecule has 0 radical (unpaired) electrons. The Bertz CT molecular complexity index is 1140. The minimum Gasteiger partial charge on any atom is -0.396 e. The van der Waals surface area contributed by atoms with Crippen LogP contribution in [0, 0.1) is 11.8 Å². The number of likely N-dealkylation sites (tertiary alicyclic amines) is 1. The summed E-state index contributed by atoms with van der Waals surface area (Å²) in [6.07, 6.45) is 10.2. The van der Waals surface area contributed by atoms with Crippen LogP contribution in [0.3, 0.4) is 0 Å². The van der Waals surface area contributed by atoms with Crippen molar-refractivity contribution in [2.75, 3.05) is 32.8 Å². The molecule has 5 atom stereocenters. The van der Waals surface area contributed by atoms with Gasteiger partial charge in [0.1, 0.15) is 11.6 Å². The maximum absolute atomic E-state index is 14.6. The molecule has 3 amide bonds. The third-order valence-corrected chi connectivity index (χ3v) is 9.81. The van der Waals surface area contributed by atoms with E-state index in [2.05, 4.69) is 20.1 Å². The number of nitrogens with zero attached hydrogens (tertiary/aromatic N) is 3. The number of benzene rings is 1. The van der Waals surface area contributed by atoms with Gasteiger partial charge in [-0.3, -0.25) is 14.4 Å². The third-order valence-electron chi connectivity index (χ3n) is 9.81. The first-order valence-corrected chi connectivity index (χ1v) is 16.3. The minimum absolute atomic E-state index is 0.101. The molecule has 236 valence electrons. The fourth-order valence-electron chi connectivity index (χ4n) is 7.72. The van der Waals surface area contributed by atoms with E-state index in [1.807, 2.05) is 42.2 Å². The van der Waals surface area contributed by atoms with E-state index in [9.17, 15) is 19.5 Å². The van der Waals surface area contributed by atoms with Gasteiger partial charge in [0.2, 0.25) is 17.7 Å². The lowest BCUT2D eigenvalue weighted by molar-refractivity contribution is -0.155. The Labute approximate surface area is 257 Å². The number of carbonyl (C=O) groups is 3. The van der Waals surface area contributed by atoms with Gasteiger partial charge in [-0.2, -0.15) is 0 Å². The summed E-state index contributed by atoms with van der Waals surface area (Å²) in [7, 11) is 0. The normalized spacial score (nSPS) is 27.3. The largest absolute Gasteiger partial charge is 0.396 e. The summed E-state index contributed by atoms with van der Waals surface area (Å²) in [6.45, 7) is 14.3. The summed E-state index contributed by atoms with van der Waals surface area (Å²) in [5, 5.41) is 9.22. The van der Waals surface area contributed by atoms with Crippen molar-refractivity contribution in [1.29, 1.82) is 0 Å². The van der Waals surface area contributed by atoms with Crippen LogP contribution in [0.1, 0.15) is 77.2 Å². The van der Waals surface area contributed by atoms with E-state index in [-0.39, 0.29) is 24.3 Å². The maximum Gasteiger partial charge on any atom is 0.248 e. The average molecular weight is 594 g/mol. The van der Waals surface area contributed by atoms with Crippen molar-refractivity contribution in [3.8, 4) is 0 Å². The van der Waals surface area contributed by atoms with Gasteiger partial charge in [-0.1, -0.05) is 75.6 Å². The van der Waals surface area contributed by atoms with E-state index in [4.69, 9.17) is 4.74 Å².